The summed E-state index contributed by atoms with van der Waals surface area (Å²) >= 11 is 0. The number of carbonyl (C=O) groups is 1. The molecular weight excluding hydrogens is 228 g/mol. The minimum atomic E-state index is -0.663. The molecule has 5 heteroatoms. The van der Waals surface area contributed by atoms with E-state index in [-0.39, 0.29) is 5.91 Å². The number of amides is 1. The Morgan fingerprint density at radius 3 is 2.72 bits per heavy atom. The van der Waals surface area contributed by atoms with Gasteiger partial charge < -0.3 is 16.0 Å². The van der Waals surface area contributed by atoms with Gasteiger partial charge in [0.15, 0.2) is 0 Å². The average Bonchev–Trinajstić information content (AvgIpc) is 2.56. The number of imidazole rings is 1. The van der Waals surface area contributed by atoms with Crippen LogP contribution in [0.25, 0.3) is 11.0 Å². The molecule has 0 atom stereocenters. The van der Waals surface area contributed by atoms with Crippen LogP contribution in [0, 0.1) is 12.3 Å². The van der Waals surface area contributed by atoms with Crippen molar-refractivity contribution in [2.75, 3.05) is 5.73 Å². The summed E-state index contributed by atoms with van der Waals surface area (Å²) in [6, 6.07) is 5.84. The van der Waals surface area contributed by atoms with Gasteiger partial charge in [-0.3, -0.25) is 4.79 Å². The van der Waals surface area contributed by atoms with E-state index in [0.29, 0.717) is 12.5 Å². The van der Waals surface area contributed by atoms with Gasteiger partial charge in [-0.2, -0.15) is 0 Å². The number of para-hydroxylation sites is 1. The molecule has 2 aromatic rings. The van der Waals surface area contributed by atoms with E-state index in [9.17, 15) is 4.79 Å². The highest BCUT2D eigenvalue weighted by Crippen LogP contribution is 2.26. The topological polar surface area (TPSA) is 86.9 Å². The van der Waals surface area contributed by atoms with Crippen LogP contribution in [0.3, 0.4) is 0 Å². The third kappa shape index (κ3) is 1.92. The molecule has 1 amide bonds. The second-order valence-electron chi connectivity index (χ2n) is 5.25. The van der Waals surface area contributed by atoms with E-state index < -0.39 is 5.41 Å². The molecule has 0 bridgehead atoms. The Kier molecular flexibility index (Phi) is 2.77. The number of carbonyl (C=O) groups excluding carboxylic acids is 1. The first-order valence-corrected chi connectivity index (χ1v) is 5.84. The Morgan fingerprint density at radius 1 is 1.44 bits per heavy atom. The van der Waals surface area contributed by atoms with Crippen molar-refractivity contribution < 1.29 is 4.79 Å². The Hall–Kier alpha value is -2.04. The molecule has 4 N–H and O–H groups in total. The number of hydrogen-bond acceptors (Lipinski definition) is 3. The summed E-state index contributed by atoms with van der Waals surface area (Å²) in [4.78, 5) is 15.7. The zero-order chi connectivity index (χ0) is 13.5. The van der Waals surface area contributed by atoms with Gasteiger partial charge in [-0.25, -0.2) is 4.98 Å². The third-order valence-corrected chi connectivity index (χ3v) is 3.22. The molecule has 5 nitrogen and oxygen atoms in total. The van der Waals surface area contributed by atoms with Crippen molar-refractivity contribution in [1.82, 2.24) is 9.55 Å². The molecule has 18 heavy (non-hydrogen) atoms. The number of aromatic nitrogens is 2. The standard InChI is InChI=1S/C13H18N4O/c1-8-5-4-6-9-10(8)17(12(15)16-9)7-13(2,3)11(14)18/h4-6H,7H2,1-3H3,(H2,14,18)(H2,15,16). The lowest BCUT2D eigenvalue weighted by Crippen LogP contribution is -2.35. The van der Waals surface area contributed by atoms with E-state index >= 15 is 0 Å². The summed E-state index contributed by atoms with van der Waals surface area (Å²) in [7, 11) is 0. The van der Waals surface area contributed by atoms with Gasteiger partial charge in [0.2, 0.25) is 11.9 Å². The van der Waals surface area contributed by atoms with Gasteiger partial charge in [-0.1, -0.05) is 12.1 Å². The van der Waals surface area contributed by atoms with Crippen LogP contribution in [0.15, 0.2) is 18.2 Å². The number of aryl methyl sites for hydroxylation is 1. The largest absolute Gasteiger partial charge is 0.369 e. The lowest BCUT2D eigenvalue weighted by molar-refractivity contribution is -0.126. The SMILES string of the molecule is Cc1cccc2nc(N)n(CC(C)(C)C(N)=O)c12. The van der Waals surface area contributed by atoms with E-state index in [1.165, 1.54) is 0 Å². The van der Waals surface area contributed by atoms with Crippen LogP contribution in [0.2, 0.25) is 0 Å². The normalized spacial score (nSPS) is 11.9. The highest BCUT2D eigenvalue weighted by Gasteiger charge is 2.27. The van der Waals surface area contributed by atoms with E-state index in [4.69, 9.17) is 11.5 Å². The number of fused-ring (bicyclic) bond motifs is 1. The number of nitrogens with two attached hydrogens (primary N) is 2. The second-order valence-corrected chi connectivity index (χ2v) is 5.25. The first-order valence-electron chi connectivity index (χ1n) is 5.84. The maximum absolute atomic E-state index is 11.4. The molecule has 96 valence electrons. The molecule has 0 aliphatic carbocycles. The van der Waals surface area contributed by atoms with Crippen LogP contribution >= 0.6 is 0 Å². The Labute approximate surface area is 106 Å². The number of hydrogen-bond donors (Lipinski definition) is 2. The van der Waals surface area contributed by atoms with E-state index in [0.717, 1.165) is 16.6 Å². The van der Waals surface area contributed by atoms with Gasteiger partial charge in [0.1, 0.15) is 0 Å². The fourth-order valence-electron chi connectivity index (χ4n) is 2.02. The van der Waals surface area contributed by atoms with Crippen LogP contribution in [0.1, 0.15) is 19.4 Å². The molecule has 0 fully saturated rings. The minimum Gasteiger partial charge on any atom is -0.369 e. The molecule has 0 saturated heterocycles. The summed E-state index contributed by atoms with van der Waals surface area (Å²) in [6.45, 7) is 6.03. The maximum atomic E-state index is 11.4. The number of nitrogen functional groups attached to an aromatic ring is 1. The first kappa shape index (κ1) is 12.4. The Balaban J connectivity index is 2.58. The molecule has 1 aromatic heterocycles. The van der Waals surface area contributed by atoms with Gasteiger partial charge in [0, 0.05) is 6.54 Å². The van der Waals surface area contributed by atoms with Crippen LogP contribution in [0.5, 0.6) is 0 Å². The zero-order valence-electron chi connectivity index (χ0n) is 10.9. The quantitative estimate of drug-likeness (QED) is 0.859. The number of anilines is 1. The summed E-state index contributed by atoms with van der Waals surface area (Å²) in [5.74, 6) is 0.0611. The Morgan fingerprint density at radius 2 is 2.11 bits per heavy atom. The lowest BCUT2D eigenvalue weighted by Gasteiger charge is -2.22. The molecule has 2 rings (SSSR count). The van der Waals surface area contributed by atoms with Crippen molar-refractivity contribution in [2.45, 2.75) is 27.3 Å². The van der Waals surface area contributed by atoms with Crippen molar-refractivity contribution in [1.29, 1.82) is 0 Å². The van der Waals surface area contributed by atoms with Crippen molar-refractivity contribution in [3.05, 3.63) is 23.8 Å². The van der Waals surface area contributed by atoms with Crippen LogP contribution in [0.4, 0.5) is 5.95 Å². The average molecular weight is 246 g/mol. The number of nitrogens with zero attached hydrogens (tertiary/aromatic N) is 2. The first-order chi connectivity index (χ1) is 8.33. The molecule has 0 spiro atoms. The van der Waals surface area contributed by atoms with Gasteiger partial charge in [0.25, 0.3) is 0 Å². The molecule has 1 heterocycles. The van der Waals surface area contributed by atoms with Crippen LogP contribution < -0.4 is 11.5 Å². The Bertz CT molecular complexity index is 613. The predicted octanol–water partition coefficient (Wildman–Crippen LogP) is 1.44. The fourth-order valence-corrected chi connectivity index (χ4v) is 2.02. The minimum absolute atomic E-state index is 0.350. The molecular formula is C13H18N4O. The van der Waals surface area contributed by atoms with Gasteiger partial charge in [-0.15, -0.1) is 0 Å². The smallest absolute Gasteiger partial charge is 0.224 e. The zero-order valence-corrected chi connectivity index (χ0v) is 10.9. The number of primary amides is 1. The van der Waals surface area contributed by atoms with Crippen molar-refractivity contribution in [3.63, 3.8) is 0 Å². The predicted molar refractivity (Wildman–Crippen MR) is 71.9 cm³/mol. The van der Waals surface area contributed by atoms with Crippen molar-refractivity contribution in [2.24, 2.45) is 11.1 Å². The lowest BCUT2D eigenvalue weighted by atomic mass is 9.92. The summed E-state index contributed by atoms with van der Waals surface area (Å²) in [6.07, 6.45) is 0. The van der Waals surface area contributed by atoms with E-state index in [2.05, 4.69) is 4.98 Å². The molecule has 0 saturated carbocycles. The van der Waals surface area contributed by atoms with E-state index in [1.54, 1.807) is 13.8 Å². The van der Waals surface area contributed by atoms with Crippen LogP contribution in [-0.4, -0.2) is 15.5 Å². The van der Waals surface area contributed by atoms with Gasteiger partial charge in [0.05, 0.1) is 16.4 Å². The fraction of sp³-hybridized carbons (Fsp3) is 0.385. The highest BCUT2D eigenvalue weighted by atomic mass is 16.1. The summed E-state index contributed by atoms with van der Waals surface area (Å²) in [5.41, 5.74) is 13.6. The van der Waals surface area contributed by atoms with Crippen LogP contribution in [-0.2, 0) is 11.3 Å². The van der Waals surface area contributed by atoms with E-state index in [1.807, 2.05) is 29.7 Å². The van der Waals surface area contributed by atoms with Crippen molar-refractivity contribution >= 4 is 22.9 Å². The highest BCUT2D eigenvalue weighted by molar-refractivity contribution is 5.83. The molecule has 0 aliphatic heterocycles. The second kappa shape index (κ2) is 4.01. The van der Waals surface area contributed by atoms with Crippen molar-refractivity contribution in [3.8, 4) is 0 Å². The van der Waals surface area contributed by atoms with Gasteiger partial charge >= 0.3 is 0 Å². The molecule has 0 unspecified atom stereocenters. The summed E-state index contributed by atoms with van der Waals surface area (Å²) < 4.78 is 1.86. The molecule has 1 aromatic carbocycles. The monoisotopic (exact) mass is 246 g/mol. The third-order valence-electron chi connectivity index (χ3n) is 3.22. The molecule has 0 radical (unpaired) electrons. The van der Waals surface area contributed by atoms with Gasteiger partial charge in [-0.05, 0) is 32.4 Å². The maximum Gasteiger partial charge on any atom is 0.224 e. The summed E-state index contributed by atoms with van der Waals surface area (Å²) in [5, 5.41) is 0. The molecule has 0 aliphatic rings. The number of benzene rings is 1. The number of rotatable bonds is 3.